The van der Waals surface area contributed by atoms with Gasteiger partial charge < -0.3 is 9.47 Å². The van der Waals surface area contributed by atoms with Crippen molar-refractivity contribution in [2.24, 2.45) is 0 Å². The summed E-state index contributed by atoms with van der Waals surface area (Å²) in [5, 5.41) is 6.93. The molecule has 21 heavy (non-hydrogen) atoms. The van der Waals surface area contributed by atoms with Gasteiger partial charge in [0.25, 0.3) is 0 Å². The highest BCUT2D eigenvalue weighted by Gasteiger charge is 2.42. The van der Waals surface area contributed by atoms with Gasteiger partial charge in [0.15, 0.2) is 5.82 Å². The number of halogens is 3. The Balaban J connectivity index is 2.12. The normalized spacial score (nSPS) is 18.4. The number of fused-ring (bicyclic) bond motifs is 1. The SMILES string of the molecule is O=CN1CCn2c(nnc2C(F)(F)F)C1c1ccccc1. The maximum atomic E-state index is 12.9. The summed E-state index contributed by atoms with van der Waals surface area (Å²) in [6, 6.07) is 8.17. The van der Waals surface area contributed by atoms with E-state index < -0.39 is 18.0 Å². The lowest BCUT2D eigenvalue weighted by Crippen LogP contribution is -2.39. The topological polar surface area (TPSA) is 51.0 Å². The molecule has 110 valence electrons. The number of hydrogen-bond donors (Lipinski definition) is 0. The van der Waals surface area contributed by atoms with Crippen molar-refractivity contribution in [3.63, 3.8) is 0 Å². The molecule has 1 aliphatic rings. The van der Waals surface area contributed by atoms with E-state index in [1.807, 2.05) is 0 Å². The van der Waals surface area contributed by atoms with E-state index in [9.17, 15) is 18.0 Å². The molecule has 0 N–H and O–H groups in total. The fourth-order valence-corrected chi connectivity index (χ4v) is 2.53. The number of alkyl halides is 3. The molecule has 0 saturated heterocycles. The predicted octanol–water partition coefficient (Wildman–Crippen LogP) is 1.86. The zero-order valence-electron chi connectivity index (χ0n) is 10.8. The average Bonchev–Trinajstić information content (AvgIpc) is 2.91. The second kappa shape index (κ2) is 4.87. The number of benzene rings is 1. The standard InChI is InChI=1S/C13H11F3N4O/c14-13(15,16)12-18-17-11-10(9-4-2-1-3-5-9)19(8-21)6-7-20(11)12/h1-5,8,10H,6-7H2. The third-order valence-corrected chi connectivity index (χ3v) is 3.44. The van der Waals surface area contributed by atoms with Crippen LogP contribution in [0.4, 0.5) is 13.2 Å². The molecule has 1 aromatic carbocycles. The van der Waals surface area contributed by atoms with E-state index in [0.717, 1.165) is 4.57 Å². The summed E-state index contributed by atoms with van der Waals surface area (Å²) in [5.41, 5.74) is 0.701. The highest BCUT2D eigenvalue weighted by molar-refractivity contribution is 5.51. The lowest BCUT2D eigenvalue weighted by atomic mass is 10.0. The Labute approximate surface area is 118 Å². The number of hydrogen-bond acceptors (Lipinski definition) is 3. The molecule has 2 aromatic rings. The quantitative estimate of drug-likeness (QED) is 0.795. The molecule has 0 bridgehead atoms. The van der Waals surface area contributed by atoms with Crippen molar-refractivity contribution in [2.45, 2.75) is 18.8 Å². The van der Waals surface area contributed by atoms with Gasteiger partial charge >= 0.3 is 6.18 Å². The van der Waals surface area contributed by atoms with Crippen LogP contribution < -0.4 is 0 Å². The molecule has 1 unspecified atom stereocenters. The minimum absolute atomic E-state index is 0.0270. The zero-order valence-corrected chi connectivity index (χ0v) is 10.8. The molecule has 0 aliphatic carbocycles. The molecule has 0 saturated carbocycles. The third kappa shape index (κ3) is 2.26. The summed E-state index contributed by atoms with van der Waals surface area (Å²) < 4.78 is 39.8. The van der Waals surface area contributed by atoms with Crippen LogP contribution in [0.3, 0.4) is 0 Å². The van der Waals surface area contributed by atoms with Gasteiger partial charge in [-0.05, 0) is 5.56 Å². The van der Waals surface area contributed by atoms with Gasteiger partial charge in [-0.2, -0.15) is 13.2 Å². The number of nitrogens with zero attached hydrogens (tertiary/aromatic N) is 4. The van der Waals surface area contributed by atoms with Gasteiger partial charge in [-0.1, -0.05) is 30.3 Å². The van der Waals surface area contributed by atoms with Crippen LogP contribution >= 0.6 is 0 Å². The first-order chi connectivity index (χ1) is 10.0. The zero-order chi connectivity index (χ0) is 15.0. The molecule has 1 aromatic heterocycles. The van der Waals surface area contributed by atoms with Gasteiger partial charge in [-0.25, -0.2) is 0 Å². The van der Waals surface area contributed by atoms with Gasteiger partial charge in [0.2, 0.25) is 12.2 Å². The molecule has 8 heteroatoms. The third-order valence-electron chi connectivity index (χ3n) is 3.44. The van der Waals surface area contributed by atoms with E-state index in [1.165, 1.54) is 4.90 Å². The monoisotopic (exact) mass is 296 g/mol. The minimum atomic E-state index is -4.56. The van der Waals surface area contributed by atoms with Crippen LogP contribution in [0, 0.1) is 0 Å². The number of rotatable bonds is 2. The maximum Gasteiger partial charge on any atom is 0.451 e. The fourth-order valence-electron chi connectivity index (χ4n) is 2.53. The van der Waals surface area contributed by atoms with E-state index in [4.69, 9.17) is 0 Å². The van der Waals surface area contributed by atoms with Crippen LogP contribution in [0.15, 0.2) is 30.3 Å². The van der Waals surface area contributed by atoms with Crippen LogP contribution in [0.1, 0.15) is 23.3 Å². The van der Waals surface area contributed by atoms with Crippen molar-refractivity contribution in [1.82, 2.24) is 19.7 Å². The van der Waals surface area contributed by atoms with Crippen molar-refractivity contribution in [1.29, 1.82) is 0 Å². The first kappa shape index (κ1) is 13.6. The van der Waals surface area contributed by atoms with Crippen LogP contribution in [0.25, 0.3) is 0 Å². The van der Waals surface area contributed by atoms with Crippen molar-refractivity contribution < 1.29 is 18.0 Å². The van der Waals surface area contributed by atoms with Gasteiger partial charge in [-0.3, -0.25) is 4.79 Å². The number of carbonyl (C=O) groups excluding carboxylic acids is 1. The first-order valence-electron chi connectivity index (χ1n) is 6.28. The summed E-state index contributed by atoms with van der Waals surface area (Å²) in [6.45, 7) is 0.205. The fraction of sp³-hybridized carbons (Fsp3) is 0.308. The molecular weight excluding hydrogens is 285 g/mol. The van der Waals surface area contributed by atoms with Gasteiger partial charge in [0.1, 0.15) is 6.04 Å². The molecule has 1 amide bonds. The molecule has 3 rings (SSSR count). The average molecular weight is 296 g/mol. The van der Waals surface area contributed by atoms with E-state index in [2.05, 4.69) is 10.2 Å². The lowest BCUT2D eigenvalue weighted by Gasteiger charge is -2.33. The van der Waals surface area contributed by atoms with E-state index in [0.29, 0.717) is 12.0 Å². The van der Waals surface area contributed by atoms with E-state index >= 15 is 0 Å². The summed E-state index contributed by atoms with van der Waals surface area (Å²) >= 11 is 0. The number of amides is 1. The van der Waals surface area contributed by atoms with E-state index in [-0.39, 0.29) is 18.9 Å². The Morgan fingerprint density at radius 1 is 1.14 bits per heavy atom. The highest BCUT2D eigenvalue weighted by atomic mass is 19.4. The van der Waals surface area contributed by atoms with Crippen molar-refractivity contribution in [2.75, 3.05) is 6.54 Å². The molecule has 0 spiro atoms. The van der Waals surface area contributed by atoms with Crippen molar-refractivity contribution in [3.8, 4) is 0 Å². The maximum absolute atomic E-state index is 12.9. The summed E-state index contributed by atoms with van der Waals surface area (Å²) in [4.78, 5) is 12.6. The predicted molar refractivity (Wildman–Crippen MR) is 66.1 cm³/mol. The molecule has 1 atom stereocenters. The Bertz CT molecular complexity index is 653. The van der Waals surface area contributed by atoms with Crippen LogP contribution in [-0.4, -0.2) is 32.6 Å². The number of aromatic nitrogens is 3. The van der Waals surface area contributed by atoms with Crippen molar-refractivity contribution >= 4 is 6.41 Å². The largest absolute Gasteiger partial charge is 0.451 e. The molecular formula is C13H11F3N4O. The van der Waals surface area contributed by atoms with Gasteiger partial charge in [0, 0.05) is 13.1 Å². The second-order valence-electron chi connectivity index (χ2n) is 4.69. The molecule has 5 nitrogen and oxygen atoms in total. The van der Waals surface area contributed by atoms with Crippen molar-refractivity contribution in [3.05, 3.63) is 47.5 Å². The van der Waals surface area contributed by atoms with Gasteiger partial charge in [-0.15, -0.1) is 10.2 Å². The second-order valence-corrected chi connectivity index (χ2v) is 4.69. The Kier molecular flexibility index (Phi) is 3.15. The smallest absolute Gasteiger partial charge is 0.329 e. The Hall–Kier alpha value is -2.38. The van der Waals surface area contributed by atoms with Crippen LogP contribution in [0.5, 0.6) is 0 Å². The van der Waals surface area contributed by atoms with Crippen LogP contribution in [0.2, 0.25) is 0 Å². The molecule has 2 heterocycles. The summed E-state index contributed by atoms with van der Waals surface area (Å²) in [6.07, 6.45) is -3.93. The molecule has 1 aliphatic heterocycles. The van der Waals surface area contributed by atoms with E-state index in [1.54, 1.807) is 30.3 Å². The Morgan fingerprint density at radius 2 is 1.86 bits per heavy atom. The summed E-state index contributed by atoms with van der Waals surface area (Å²) in [7, 11) is 0. The first-order valence-corrected chi connectivity index (χ1v) is 6.28. The lowest BCUT2D eigenvalue weighted by molar-refractivity contribution is -0.148. The molecule has 0 fully saturated rings. The molecule has 0 radical (unpaired) electrons. The van der Waals surface area contributed by atoms with Gasteiger partial charge in [0.05, 0.1) is 0 Å². The van der Waals surface area contributed by atoms with Crippen LogP contribution in [-0.2, 0) is 17.5 Å². The number of carbonyl (C=O) groups is 1. The minimum Gasteiger partial charge on any atom is -0.329 e. The Morgan fingerprint density at radius 3 is 2.48 bits per heavy atom. The highest BCUT2D eigenvalue weighted by Crippen LogP contribution is 2.34. The summed E-state index contributed by atoms with van der Waals surface area (Å²) in [5.74, 6) is -0.893.